The van der Waals surface area contributed by atoms with E-state index >= 15 is 0 Å². The third-order valence-electron chi connectivity index (χ3n) is 4.06. The molecule has 1 aromatic heterocycles. The molecule has 0 saturated heterocycles. The van der Waals surface area contributed by atoms with Crippen LogP contribution >= 0.6 is 0 Å². The second kappa shape index (κ2) is 4.65. The molecule has 0 spiro atoms. The van der Waals surface area contributed by atoms with Crippen LogP contribution in [0.1, 0.15) is 31.9 Å². The van der Waals surface area contributed by atoms with Crippen LogP contribution in [0.2, 0.25) is 0 Å². The molecule has 3 rings (SSSR count). The molecular weight excluding hydrogens is 222 g/mol. The van der Waals surface area contributed by atoms with Gasteiger partial charge in [-0.25, -0.2) is 0 Å². The lowest BCUT2D eigenvalue weighted by Crippen LogP contribution is -2.35. The fourth-order valence-corrected chi connectivity index (χ4v) is 2.74. The van der Waals surface area contributed by atoms with E-state index in [4.69, 9.17) is 5.73 Å². The molecule has 2 aromatic rings. The van der Waals surface area contributed by atoms with E-state index in [9.17, 15) is 0 Å². The number of rotatable bonds is 4. The van der Waals surface area contributed by atoms with E-state index < -0.39 is 0 Å². The summed E-state index contributed by atoms with van der Waals surface area (Å²) in [5.41, 5.74) is 9.53. The fourth-order valence-electron chi connectivity index (χ4n) is 2.74. The van der Waals surface area contributed by atoms with Crippen molar-refractivity contribution >= 4 is 16.6 Å². The molecule has 0 atom stereocenters. The highest BCUT2D eigenvalue weighted by Gasteiger charge is 2.17. The van der Waals surface area contributed by atoms with Crippen molar-refractivity contribution in [1.82, 2.24) is 9.88 Å². The van der Waals surface area contributed by atoms with Gasteiger partial charge in [-0.05, 0) is 38.0 Å². The number of anilines is 1. The van der Waals surface area contributed by atoms with Gasteiger partial charge < -0.3 is 15.6 Å². The number of aryl methyl sites for hydroxylation is 1. The van der Waals surface area contributed by atoms with Crippen LogP contribution in [-0.2, 0) is 13.1 Å². The molecule has 1 aliphatic carbocycles. The first-order chi connectivity index (χ1) is 8.79. The highest BCUT2D eigenvalue weighted by Crippen LogP contribution is 2.26. The molecular formula is C15H21N3. The van der Waals surface area contributed by atoms with Gasteiger partial charge in [0.05, 0.1) is 5.52 Å². The summed E-state index contributed by atoms with van der Waals surface area (Å²) >= 11 is 0. The lowest BCUT2D eigenvalue weighted by Gasteiger charge is -2.26. The molecule has 1 aromatic carbocycles. The van der Waals surface area contributed by atoms with Crippen LogP contribution < -0.4 is 11.1 Å². The summed E-state index contributed by atoms with van der Waals surface area (Å²) in [5, 5.41) is 4.81. The Labute approximate surface area is 108 Å². The Hall–Kier alpha value is -1.48. The Morgan fingerprint density at radius 3 is 2.89 bits per heavy atom. The number of aromatic nitrogens is 1. The third-order valence-corrected chi connectivity index (χ3v) is 4.06. The number of fused-ring (bicyclic) bond motifs is 1. The molecule has 1 fully saturated rings. The van der Waals surface area contributed by atoms with Crippen molar-refractivity contribution < 1.29 is 0 Å². The maximum absolute atomic E-state index is 6.05. The Balaban J connectivity index is 1.92. The largest absolute Gasteiger partial charge is 0.398 e. The zero-order chi connectivity index (χ0) is 12.5. The normalized spacial score (nSPS) is 16.1. The summed E-state index contributed by atoms with van der Waals surface area (Å²) < 4.78 is 2.36. The maximum Gasteiger partial charge on any atom is 0.0503 e. The molecule has 96 valence electrons. The minimum absolute atomic E-state index is 0.727. The van der Waals surface area contributed by atoms with Crippen molar-refractivity contribution in [2.75, 3.05) is 5.73 Å². The molecule has 1 saturated carbocycles. The van der Waals surface area contributed by atoms with Crippen molar-refractivity contribution in [2.45, 2.75) is 45.3 Å². The van der Waals surface area contributed by atoms with Gasteiger partial charge in [-0.15, -0.1) is 0 Å². The highest BCUT2D eigenvalue weighted by atomic mass is 15.0. The van der Waals surface area contributed by atoms with Crippen LogP contribution in [0, 0.1) is 0 Å². The van der Waals surface area contributed by atoms with E-state index in [1.807, 2.05) is 12.1 Å². The van der Waals surface area contributed by atoms with Gasteiger partial charge in [-0.3, -0.25) is 0 Å². The Morgan fingerprint density at radius 1 is 1.39 bits per heavy atom. The molecule has 1 aliphatic rings. The first-order valence-corrected chi connectivity index (χ1v) is 6.89. The standard InChI is InChI=1S/C15H21N3/c1-2-18-12(10-17-11-5-3-6-11)9-13-14(16)7-4-8-15(13)18/h4,7-9,11,17H,2-3,5-6,10,16H2,1H3. The Bertz CT molecular complexity index is 552. The van der Waals surface area contributed by atoms with Crippen LogP contribution in [0.3, 0.4) is 0 Å². The van der Waals surface area contributed by atoms with Gasteiger partial charge >= 0.3 is 0 Å². The van der Waals surface area contributed by atoms with Crippen molar-refractivity contribution in [3.8, 4) is 0 Å². The minimum Gasteiger partial charge on any atom is -0.398 e. The maximum atomic E-state index is 6.05. The van der Waals surface area contributed by atoms with Crippen molar-refractivity contribution in [1.29, 1.82) is 0 Å². The molecule has 3 N–H and O–H groups in total. The summed E-state index contributed by atoms with van der Waals surface area (Å²) in [6.07, 6.45) is 4.03. The smallest absolute Gasteiger partial charge is 0.0503 e. The van der Waals surface area contributed by atoms with E-state index in [0.29, 0.717) is 0 Å². The van der Waals surface area contributed by atoms with E-state index in [0.717, 1.165) is 24.8 Å². The minimum atomic E-state index is 0.727. The number of nitrogens with one attached hydrogen (secondary N) is 1. The van der Waals surface area contributed by atoms with E-state index in [2.05, 4.69) is 28.9 Å². The van der Waals surface area contributed by atoms with Crippen LogP contribution in [0.4, 0.5) is 5.69 Å². The van der Waals surface area contributed by atoms with E-state index in [-0.39, 0.29) is 0 Å². The van der Waals surface area contributed by atoms with Gasteiger partial charge in [-0.2, -0.15) is 0 Å². The summed E-state index contributed by atoms with van der Waals surface area (Å²) in [7, 11) is 0. The molecule has 1 heterocycles. The predicted molar refractivity (Wildman–Crippen MR) is 76.5 cm³/mol. The molecule has 0 unspecified atom stereocenters. The summed E-state index contributed by atoms with van der Waals surface area (Å²) in [4.78, 5) is 0. The van der Waals surface area contributed by atoms with Gasteiger partial charge in [0.25, 0.3) is 0 Å². The predicted octanol–water partition coefficient (Wildman–Crippen LogP) is 2.89. The quantitative estimate of drug-likeness (QED) is 0.811. The summed E-state index contributed by atoms with van der Waals surface area (Å²) in [6, 6.07) is 9.13. The molecule has 0 aliphatic heterocycles. The van der Waals surface area contributed by atoms with Crippen molar-refractivity contribution in [2.24, 2.45) is 0 Å². The number of benzene rings is 1. The highest BCUT2D eigenvalue weighted by molar-refractivity contribution is 5.92. The third kappa shape index (κ3) is 1.89. The topological polar surface area (TPSA) is 43.0 Å². The lowest BCUT2D eigenvalue weighted by molar-refractivity contribution is 0.335. The number of nitrogens with zero attached hydrogens (tertiary/aromatic N) is 1. The average molecular weight is 243 g/mol. The zero-order valence-corrected chi connectivity index (χ0v) is 10.9. The van der Waals surface area contributed by atoms with Gasteiger partial charge in [0, 0.05) is 35.9 Å². The zero-order valence-electron chi connectivity index (χ0n) is 10.9. The average Bonchev–Trinajstić information content (AvgIpc) is 2.66. The number of nitrogens with two attached hydrogens (primary N) is 1. The number of nitrogen functional groups attached to an aromatic ring is 1. The molecule has 0 radical (unpaired) electrons. The van der Waals surface area contributed by atoms with Gasteiger partial charge in [0.15, 0.2) is 0 Å². The molecule has 0 bridgehead atoms. The Morgan fingerprint density at radius 2 is 2.22 bits per heavy atom. The van der Waals surface area contributed by atoms with Crippen molar-refractivity contribution in [3.05, 3.63) is 30.0 Å². The SMILES string of the molecule is CCn1c(CNC2CCC2)cc2c(N)cccc21. The summed E-state index contributed by atoms with van der Waals surface area (Å²) in [6.45, 7) is 4.14. The molecule has 0 amide bonds. The van der Waals surface area contributed by atoms with E-state index in [1.54, 1.807) is 0 Å². The second-order valence-corrected chi connectivity index (χ2v) is 5.17. The van der Waals surface area contributed by atoms with Gasteiger partial charge in [0.2, 0.25) is 0 Å². The monoisotopic (exact) mass is 243 g/mol. The first kappa shape index (κ1) is 11.6. The van der Waals surface area contributed by atoms with Crippen LogP contribution in [0.15, 0.2) is 24.3 Å². The molecule has 3 nitrogen and oxygen atoms in total. The number of hydrogen-bond donors (Lipinski definition) is 2. The Kier molecular flexibility index (Phi) is 3.00. The number of hydrogen-bond acceptors (Lipinski definition) is 2. The first-order valence-electron chi connectivity index (χ1n) is 6.89. The van der Waals surface area contributed by atoms with Gasteiger partial charge in [0.1, 0.15) is 0 Å². The summed E-state index contributed by atoms with van der Waals surface area (Å²) in [5.74, 6) is 0. The van der Waals surface area contributed by atoms with E-state index in [1.165, 1.54) is 35.9 Å². The molecule has 3 heteroatoms. The fraction of sp³-hybridized carbons (Fsp3) is 0.467. The van der Waals surface area contributed by atoms with Crippen LogP contribution in [0.5, 0.6) is 0 Å². The van der Waals surface area contributed by atoms with Gasteiger partial charge in [-0.1, -0.05) is 12.5 Å². The molecule has 18 heavy (non-hydrogen) atoms. The second-order valence-electron chi connectivity index (χ2n) is 5.17. The van der Waals surface area contributed by atoms with Crippen LogP contribution in [-0.4, -0.2) is 10.6 Å². The van der Waals surface area contributed by atoms with Crippen LogP contribution in [0.25, 0.3) is 10.9 Å². The van der Waals surface area contributed by atoms with Crippen molar-refractivity contribution in [3.63, 3.8) is 0 Å². The lowest BCUT2D eigenvalue weighted by atomic mass is 9.93.